The number of nitrogens with one attached hydrogen (secondary N) is 1. The van der Waals surface area contributed by atoms with Gasteiger partial charge >= 0.3 is 0 Å². The molecule has 0 saturated heterocycles. The van der Waals surface area contributed by atoms with E-state index in [1.54, 1.807) is 11.5 Å². The van der Waals surface area contributed by atoms with Crippen LogP contribution in [0.5, 0.6) is 0 Å². The van der Waals surface area contributed by atoms with Gasteiger partial charge in [0.15, 0.2) is 0 Å². The molecule has 0 fully saturated rings. The van der Waals surface area contributed by atoms with Gasteiger partial charge in [-0.25, -0.2) is 5.48 Å². The van der Waals surface area contributed by atoms with Gasteiger partial charge in [0.1, 0.15) is 0 Å². The molecular weight excluding hydrogens is 216 g/mol. The molecule has 2 N–H and O–H groups in total. The molecule has 90 valence electrons. The summed E-state index contributed by atoms with van der Waals surface area (Å²) >= 11 is 0. The molecule has 0 atom stereocenters. The summed E-state index contributed by atoms with van der Waals surface area (Å²) in [5.74, 6) is -0.0865. The van der Waals surface area contributed by atoms with Crippen LogP contribution in [0.15, 0.2) is 24.4 Å². The van der Waals surface area contributed by atoms with E-state index in [0.717, 1.165) is 10.9 Å². The van der Waals surface area contributed by atoms with E-state index in [0.29, 0.717) is 11.5 Å². The normalized spacial score (nSPS) is 11.1. The van der Waals surface area contributed by atoms with Crippen LogP contribution < -0.4 is 5.48 Å². The summed E-state index contributed by atoms with van der Waals surface area (Å²) in [4.78, 5) is 11.4. The molecule has 2 aromatic rings. The predicted octanol–water partition coefficient (Wildman–Crippen LogP) is 2.42. The van der Waals surface area contributed by atoms with Crippen molar-refractivity contribution < 1.29 is 10.0 Å². The van der Waals surface area contributed by atoms with Crippen LogP contribution in [0.3, 0.4) is 0 Å². The van der Waals surface area contributed by atoms with Crippen LogP contribution in [0.4, 0.5) is 0 Å². The molecule has 0 radical (unpaired) electrons. The van der Waals surface area contributed by atoms with E-state index in [-0.39, 0.29) is 0 Å². The van der Waals surface area contributed by atoms with E-state index in [2.05, 4.69) is 20.0 Å². The lowest BCUT2D eigenvalue weighted by Gasteiger charge is -2.04. The second kappa shape index (κ2) is 4.22. The summed E-state index contributed by atoms with van der Waals surface area (Å²) in [7, 11) is 1.99. The van der Waals surface area contributed by atoms with Gasteiger partial charge in [-0.1, -0.05) is 13.8 Å². The highest BCUT2D eigenvalue weighted by Crippen LogP contribution is 2.27. The number of aromatic nitrogens is 1. The number of aryl methyl sites for hydroxylation is 1. The summed E-state index contributed by atoms with van der Waals surface area (Å²) < 4.78 is 2.05. The van der Waals surface area contributed by atoms with Crippen LogP contribution in [-0.4, -0.2) is 15.7 Å². The van der Waals surface area contributed by atoms with E-state index in [1.807, 2.05) is 23.7 Å². The molecule has 1 amide bonds. The zero-order valence-corrected chi connectivity index (χ0v) is 10.2. The Kier molecular flexibility index (Phi) is 2.90. The van der Waals surface area contributed by atoms with Crippen molar-refractivity contribution in [1.82, 2.24) is 10.0 Å². The number of fused-ring (bicyclic) bond motifs is 1. The topological polar surface area (TPSA) is 54.3 Å². The summed E-state index contributed by atoms with van der Waals surface area (Å²) in [6.07, 6.45) is 2.08. The minimum Gasteiger partial charge on any atom is -0.350 e. The number of rotatable bonds is 2. The summed E-state index contributed by atoms with van der Waals surface area (Å²) in [6, 6.07) is 5.42. The second-order valence-electron chi connectivity index (χ2n) is 4.52. The number of hydrogen-bond acceptors (Lipinski definition) is 2. The van der Waals surface area contributed by atoms with E-state index >= 15 is 0 Å². The van der Waals surface area contributed by atoms with Crippen molar-refractivity contribution in [2.24, 2.45) is 7.05 Å². The molecule has 17 heavy (non-hydrogen) atoms. The first kappa shape index (κ1) is 11.7. The van der Waals surface area contributed by atoms with Gasteiger partial charge in [-0.05, 0) is 29.7 Å². The maximum atomic E-state index is 11.4. The predicted molar refractivity (Wildman–Crippen MR) is 66.3 cm³/mol. The molecule has 0 aliphatic carbocycles. The molecule has 1 aromatic carbocycles. The minimum absolute atomic E-state index is 0.395. The van der Waals surface area contributed by atoms with E-state index < -0.39 is 5.91 Å². The highest BCUT2D eigenvalue weighted by Gasteiger charge is 2.12. The number of carbonyl (C=O) groups excluding carboxylic acids is 1. The number of amides is 1. The Morgan fingerprint density at radius 1 is 1.41 bits per heavy atom. The Hall–Kier alpha value is -1.81. The molecule has 0 unspecified atom stereocenters. The van der Waals surface area contributed by atoms with Crippen molar-refractivity contribution in [3.8, 4) is 0 Å². The average molecular weight is 232 g/mol. The van der Waals surface area contributed by atoms with Gasteiger partial charge in [-0.3, -0.25) is 10.0 Å². The van der Waals surface area contributed by atoms with Gasteiger partial charge in [-0.15, -0.1) is 0 Å². The maximum Gasteiger partial charge on any atom is 0.274 e. The Labute approximate surface area is 99.8 Å². The first-order valence-corrected chi connectivity index (χ1v) is 5.58. The lowest BCUT2D eigenvalue weighted by atomic mass is 10.0. The van der Waals surface area contributed by atoms with Crippen molar-refractivity contribution in [2.45, 2.75) is 19.8 Å². The number of hydroxylamine groups is 1. The molecule has 0 bridgehead atoms. The summed E-state index contributed by atoms with van der Waals surface area (Å²) in [5, 5.41) is 9.70. The molecule has 0 aliphatic heterocycles. The minimum atomic E-state index is -0.481. The SMILES string of the molecule is CC(C)c1cn(C)c2ccc(C(=O)NO)cc12. The van der Waals surface area contributed by atoms with Crippen molar-refractivity contribution in [3.05, 3.63) is 35.5 Å². The van der Waals surface area contributed by atoms with Crippen molar-refractivity contribution >= 4 is 16.8 Å². The molecular formula is C13H16N2O2. The van der Waals surface area contributed by atoms with Crippen LogP contribution in [-0.2, 0) is 7.05 Å². The second-order valence-corrected chi connectivity index (χ2v) is 4.52. The first-order valence-electron chi connectivity index (χ1n) is 5.58. The molecule has 1 heterocycles. The molecule has 4 heteroatoms. The fourth-order valence-corrected chi connectivity index (χ4v) is 2.09. The van der Waals surface area contributed by atoms with Crippen LogP contribution >= 0.6 is 0 Å². The maximum absolute atomic E-state index is 11.4. The average Bonchev–Trinajstić information content (AvgIpc) is 2.65. The van der Waals surface area contributed by atoms with E-state index in [9.17, 15) is 4.79 Å². The van der Waals surface area contributed by atoms with E-state index in [1.165, 1.54) is 5.56 Å². The Bertz CT molecular complexity index is 570. The highest BCUT2D eigenvalue weighted by atomic mass is 16.5. The summed E-state index contributed by atoms with van der Waals surface area (Å²) in [6.45, 7) is 4.24. The monoisotopic (exact) mass is 232 g/mol. The zero-order chi connectivity index (χ0) is 12.6. The van der Waals surface area contributed by atoms with Crippen molar-refractivity contribution in [3.63, 3.8) is 0 Å². The van der Waals surface area contributed by atoms with Gasteiger partial charge in [0.05, 0.1) is 0 Å². The fourth-order valence-electron chi connectivity index (χ4n) is 2.09. The Morgan fingerprint density at radius 2 is 2.12 bits per heavy atom. The number of benzene rings is 1. The highest BCUT2D eigenvalue weighted by molar-refractivity contribution is 5.98. The van der Waals surface area contributed by atoms with Crippen LogP contribution in [0, 0.1) is 0 Å². The lowest BCUT2D eigenvalue weighted by molar-refractivity contribution is 0.0706. The van der Waals surface area contributed by atoms with Crippen molar-refractivity contribution in [2.75, 3.05) is 0 Å². The smallest absolute Gasteiger partial charge is 0.274 e. The quantitative estimate of drug-likeness (QED) is 0.617. The third-order valence-electron chi connectivity index (χ3n) is 3.01. The van der Waals surface area contributed by atoms with Crippen LogP contribution in [0.1, 0.15) is 35.7 Å². The van der Waals surface area contributed by atoms with Gasteiger partial charge < -0.3 is 4.57 Å². The first-order chi connectivity index (χ1) is 8.04. The molecule has 0 aliphatic rings. The lowest BCUT2D eigenvalue weighted by Crippen LogP contribution is -2.18. The van der Waals surface area contributed by atoms with E-state index in [4.69, 9.17) is 5.21 Å². The standard InChI is InChI=1S/C13H16N2O2/c1-8(2)11-7-15(3)12-5-4-9(6-10(11)12)13(16)14-17/h4-8,17H,1-3H3,(H,14,16). The number of carbonyl (C=O) groups is 1. The van der Waals surface area contributed by atoms with Gasteiger partial charge in [0, 0.05) is 29.7 Å². The van der Waals surface area contributed by atoms with Gasteiger partial charge in [0.25, 0.3) is 5.91 Å². The number of nitrogens with zero attached hydrogens (tertiary/aromatic N) is 1. The third-order valence-corrected chi connectivity index (χ3v) is 3.01. The Morgan fingerprint density at radius 3 is 2.71 bits per heavy atom. The molecule has 4 nitrogen and oxygen atoms in total. The Balaban J connectivity index is 2.66. The molecule has 0 saturated carbocycles. The van der Waals surface area contributed by atoms with Crippen molar-refractivity contribution in [1.29, 1.82) is 0 Å². The largest absolute Gasteiger partial charge is 0.350 e. The number of hydrogen-bond donors (Lipinski definition) is 2. The van der Waals surface area contributed by atoms with Crippen LogP contribution in [0.25, 0.3) is 10.9 Å². The third kappa shape index (κ3) is 1.91. The molecule has 1 aromatic heterocycles. The zero-order valence-electron chi connectivity index (χ0n) is 10.2. The van der Waals surface area contributed by atoms with Gasteiger partial charge in [0.2, 0.25) is 0 Å². The summed E-state index contributed by atoms with van der Waals surface area (Å²) in [5.41, 5.74) is 4.41. The molecule has 0 spiro atoms. The molecule has 2 rings (SSSR count). The van der Waals surface area contributed by atoms with Gasteiger partial charge in [-0.2, -0.15) is 0 Å². The van der Waals surface area contributed by atoms with Crippen LogP contribution in [0.2, 0.25) is 0 Å². The fraction of sp³-hybridized carbons (Fsp3) is 0.308.